The first-order valence-electron chi connectivity index (χ1n) is 5.90. The number of ether oxygens (including phenoxy) is 1. The van der Waals surface area contributed by atoms with Gasteiger partial charge in [0.25, 0.3) is 0 Å². The van der Waals surface area contributed by atoms with Crippen molar-refractivity contribution in [2.75, 3.05) is 13.2 Å². The van der Waals surface area contributed by atoms with E-state index in [9.17, 15) is 0 Å². The largest absolute Gasteiger partial charge is 0.493 e. The Morgan fingerprint density at radius 3 is 3.12 bits per heavy atom. The minimum atomic E-state index is 0.235. The zero-order chi connectivity index (χ0) is 11.4. The quantitative estimate of drug-likeness (QED) is 0.815. The molecule has 2 rings (SSSR count). The van der Waals surface area contributed by atoms with E-state index in [0.717, 1.165) is 25.2 Å². The molecule has 0 aliphatic carbocycles. The SMILES string of the molecule is CC(CCO)NC1CCOc2ccccc21. The Bertz CT molecular complexity index is 340. The monoisotopic (exact) mass is 221 g/mol. The summed E-state index contributed by atoms with van der Waals surface area (Å²) in [6, 6.07) is 8.85. The molecule has 0 aromatic heterocycles. The van der Waals surface area contributed by atoms with Gasteiger partial charge in [-0.25, -0.2) is 0 Å². The number of rotatable bonds is 4. The number of aliphatic hydroxyl groups excluding tert-OH is 1. The summed E-state index contributed by atoms with van der Waals surface area (Å²) in [7, 11) is 0. The number of fused-ring (bicyclic) bond motifs is 1. The third-order valence-electron chi connectivity index (χ3n) is 3.01. The van der Waals surface area contributed by atoms with Crippen molar-refractivity contribution in [3.8, 4) is 5.75 Å². The van der Waals surface area contributed by atoms with Crippen LogP contribution >= 0.6 is 0 Å². The van der Waals surface area contributed by atoms with Crippen molar-refractivity contribution in [2.45, 2.75) is 31.8 Å². The van der Waals surface area contributed by atoms with E-state index in [0.29, 0.717) is 12.1 Å². The van der Waals surface area contributed by atoms with Crippen LogP contribution < -0.4 is 10.1 Å². The summed E-state index contributed by atoms with van der Waals surface area (Å²) in [5, 5.41) is 12.4. The smallest absolute Gasteiger partial charge is 0.124 e. The fourth-order valence-electron chi connectivity index (χ4n) is 2.14. The van der Waals surface area contributed by atoms with Gasteiger partial charge in [0, 0.05) is 30.7 Å². The van der Waals surface area contributed by atoms with Gasteiger partial charge in [-0.15, -0.1) is 0 Å². The first kappa shape index (κ1) is 11.4. The molecule has 1 aliphatic heterocycles. The van der Waals surface area contributed by atoms with Crippen LogP contribution in [-0.4, -0.2) is 24.4 Å². The van der Waals surface area contributed by atoms with Crippen LogP contribution in [-0.2, 0) is 0 Å². The second-order valence-electron chi connectivity index (χ2n) is 4.31. The van der Waals surface area contributed by atoms with E-state index in [4.69, 9.17) is 9.84 Å². The van der Waals surface area contributed by atoms with Gasteiger partial charge in [-0.3, -0.25) is 0 Å². The molecule has 0 radical (unpaired) electrons. The molecule has 1 aromatic rings. The molecule has 1 heterocycles. The van der Waals surface area contributed by atoms with Crippen molar-refractivity contribution in [1.82, 2.24) is 5.32 Å². The molecule has 2 atom stereocenters. The fraction of sp³-hybridized carbons (Fsp3) is 0.538. The number of hydrogen-bond donors (Lipinski definition) is 2. The van der Waals surface area contributed by atoms with Gasteiger partial charge in [0.2, 0.25) is 0 Å². The normalized spacial score (nSPS) is 21.0. The highest BCUT2D eigenvalue weighted by atomic mass is 16.5. The van der Waals surface area contributed by atoms with Crippen LogP contribution in [0.2, 0.25) is 0 Å². The molecule has 0 amide bonds. The van der Waals surface area contributed by atoms with Crippen molar-refractivity contribution in [3.63, 3.8) is 0 Å². The molecule has 1 aliphatic rings. The Labute approximate surface area is 96.4 Å². The summed E-state index contributed by atoms with van der Waals surface area (Å²) in [6.07, 6.45) is 1.78. The number of aliphatic hydroxyl groups is 1. The van der Waals surface area contributed by atoms with Gasteiger partial charge in [-0.05, 0) is 19.4 Å². The first-order chi connectivity index (χ1) is 7.81. The Balaban J connectivity index is 2.07. The van der Waals surface area contributed by atoms with Crippen molar-refractivity contribution >= 4 is 0 Å². The second kappa shape index (κ2) is 5.32. The Kier molecular flexibility index (Phi) is 3.80. The molecule has 0 saturated carbocycles. The highest BCUT2D eigenvalue weighted by Crippen LogP contribution is 2.31. The summed E-state index contributed by atoms with van der Waals surface area (Å²) in [5.41, 5.74) is 1.23. The number of para-hydroxylation sites is 1. The van der Waals surface area contributed by atoms with Crippen molar-refractivity contribution in [3.05, 3.63) is 29.8 Å². The van der Waals surface area contributed by atoms with Gasteiger partial charge in [0.1, 0.15) is 5.75 Å². The lowest BCUT2D eigenvalue weighted by Gasteiger charge is -2.29. The summed E-state index contributed by atoms with van der Waals surface area (Å²) in [5.74, 6) is 0.988. The molecular weight excluding hydrogens is 202 g/mol. The van der Waals surface area contributed by atoms with Crippen LogP contribution in [0.4, 0.5) is 0 Å². The van der Waals surface area contributed by atoms with Gasteiger partial charge in [-0.1, -0.05) is 18.2 Å². The van der Waals surface area contributed by atoms with Crippen molar-refractivity contribution in [1.29, 1.82) is 0 Å². The summed E-state index contributed by atoms with van der Waals surface area (Å²) < 4.78 is 5.61. The van der Waals surface area contributed by atoms with Gasteiger partial charge in [-0.2, -0.15) is 0 Å². The van der Waals surface area contributed by atoms with Gasteiger partial charge < -0.3 is 15.2 Å². The predicted molar refractivity (Wildman–Crippen MR) is 63.6 cm³/mol. The number of benzene rings is 1. The molecular formula is C13H19NO2. The third kappa shape index (κ3) is 2.54. The predicted octanol–water partition coefficient (Wildman–Crippen LogP) is 1.87. The highest BCUT2D eigenvalue weighted by molar-refractivity contribution is 5.37. The summed E-state index contributed by atoms with van der Waals surface area (Å²) in [6.45, 7) is 3.11. The average molecular weight is 221 g/mol. The number of nitrogens with one attached hydrogen (secondary N) is 1. The Morgan fingerprint density at radius 2 is 2.31 bits per heavy atom. The van der Waals surface area contributed by atoms with Crippen LogP contribution in [0.25, 0.3) is 0 Å². The maximum atomic E-state index is 8.90. The van der Waals surface area contributed by atoms with E-state index in [1.165, 1.54) is 5.56 Å². The Morgan fingerprint density at radius 1 is 1.50 bits per heavy atom. The molecule has 0 fully saturated rings. The molecule has 3 heteroatoms. The zero-order valence-electron chi connectivity index (χ0n) is 9.65. The highest BCUT2D eigenvalue weighted by Gasteiger charge is 2.21. The number of hydrogen-bond acceptors (Lipinski definition) is 3. The lowest BCUT2D eigenvalue weighted by Crippen LogP contribution is -2.34. The van der Waals surface area contributed by atoms with Gasteiger partial charge >= 0.3 is 0 Å². The zero-order valence-corrected chi connectivity index (χ0v) is 9.65. The molecule has 16 heavy (non-hydrogen) atoms. The van der Waals surface area contributed by atoms with E-state index in [2.05, 4.69) is 18.3 Å². The van der Waals surface area contributed by atoms with Gasteiger partial charge in [0.15, 0.2) is 0 Å². The summed E-state index contributed by atoms with van der Waals surface area (Å²) in [4.78, 5) is 0. The van der Waals surface area contributed by atoms with Crippen LogP contribution in [0.5, 0.6) is 5.75 Å². The van der Waals surface area contributed by atoms with E-state index in [-0.39, 0.29) is 6.61 Å². The lowest BCUT2D eigenvalue weighted by molar-refractivity contribution is 0.229. The summed E-state index contributed by atoms with van der Waals surface area (Å²) >= 11 is 0. The van der Waals surface area contributed by atoms with Crippen LogP contribution in [0.1, 0.15) is 31.4 Å². The van der Waals surface area contributed by atoms with Crippen LogP contribution in [0.3, 0.4) is 0 Å². The molecule has 2 N–H and O–H groups in total. The van der Waals surface area contributed by atoms with Crippen molar-refractivity contribution in [2.24, 2.45) is 0 Å². The van der Waals surface area contributed by atoms with E-state index < -0.39 is 0 Å². The standard InChI is InChI=1S/C13H19NO2/c1-10(6-8-15)14-12-7-9-16-13-5-3-2-4-11(12)13/h2-5,10,12,14-15H,6-9H2,1H3. The molecule has 1 aromatic carbocycles. The minimum Gasteiger partial charge on any atom is -0.493 e. The van der Waals surface area contributed by atoms with E-state index >= 15 is 0 Å². The molecule has 0 spiro atoms. The third-order valence-corrected chi connectivity index (χ3v) is 3.01. The lowest BCUT2D eigenvalue weighted by atomic mass is 9.99. The maximum Gasteiger partial charge on any atom is 0.124 e. The average Bonchev–Trinajstić information content (AvgIpc) is 2.30. The minimum absolute atomic E-state index is 0.235. The van der Waals surface area contributed by atoms with Gasteiger partial charge in [0.05, 0.1) is 6.61 Å². The van der Waals surface area contributed by atoms with Crippen molar-refractivity contribution < 1.29 is 9.84 Å². The van der Waals surface area contributed by atoms with Crippen LogP contribution in [0.15, 0.2) is 24.3 Å². The second-order valence-corrected chi connectivity index (χ2v) is 4.31. The topological polar surface area (TPSA) is 41.5 Å². The first-order valence-corrected chi connectivity index (χ1v) is 5.90. The molecule has 3 nitrogen and oxygen atoms in total. The van der Waals surface area contributed by atoms with E-state index in [1.807, 2.05) is 18.2 Å². The fourth-order valence-corrected chi connectivity index (χ4v) is 2.14. The molecule has 0 bridgehead atoms. The molecule has 0 saturated heterocycles. The molecule has 2 unspecified atom stereocenters. The molecule has 88 valence electrons. The van der Waals surface area contributed by atoms with E-state index in [1.54, 1.807) is 0 Å². The maximum absolute atomic E-state index is 8.90. The van der Waals surface area contributed by atoms with Crippen LogP contribution in [0, 0.1) is 0 Å². The Hall–Kier alpha value is -1.06.